The molecule has 1 N–H and O–H groups in total. The molecule has 0 saturated carbocycles. The van der Waals surface area contributed by atoms with Gasteiger partial charge in [0.2, 0.25) is 0 Å². The Morgan fingerprint density at radius 1 is 1.14 bits per heavy atom. The molecule has 0 unspecified atom stereocenters. The van der Waals surface area contributed by atoms with Crippen molar-refractivity contribution in [3.63, 3.8) is 0 Å². The van der Waals surface area contributed by atoms with Gasteiger partial charge in [0.15, 0.2) is 18.1 Å². The fraction of sp³-hybridized carbons (Fsp3) is 0.364. The van der Waals surface area contributed by atoms with Gasteiger partial charge in [0.1, 0.15) is 4.99 Å². The predicted octanol–water partition coefficient (Wildman–Crippen LogP) is 4.84. The highest BCUT2D eigenvalue weighted by atomic mass is 35.5. The number of nitrogens with one attached hydrogen (secondary N) is 1. The quantitative estimate of drug-likeness (QED) is 0.634. The maximum absolute atomic E-state index is 12.3. The number of carbonyl (C=O) groups excluding carboxylic acids is 1. The lowest BCUT2D eigenvalue weighted by atomic mass is 10.2. The van der Waals surface area contributed by atoms with Gasteiger partial charge in [-0.25, -0.2) is 0 Å². The van der Waals surface area contributed by atoms with E-state index in [4.69, 9.17) is 33.3 Å². The molecule has 1 aliphatic rings. The summed E-state index contributed by atoms with van der Waals surface area (Å²) in [5.74, 6) is 0.818. The van der Waals surface area contributed by atoms with E-state index in [1.165, 1.54) is 12.8 Å². The van der Waals surface area contributed by atoms with Crippen LogP contribution < -0.4 is 14.8 Å². The number of halogens is 1. The lowest BCUT2D eigenvalue weighted by molar-refractivity contribution is -0.118. The van der Waals surface area contributed by atoms with E-state index < -0.39 is 0 Å². The number of hydrogen-bond acceptors (Lipinski definition) is 4. The van der Waals surface area contributed by atoms with Gasteiger partial charge in [0.05, 0.1) is 6.61 Å². The number of aryl methyl sites for hydroxylation is 1. The summed E-state index contributed by atoms with van der Waals surface area (Å²) in [6.45, 7) is 6.15. The molecule has 1 aliphatic heterocycles. The van der Waals surface area contributed by atoms with E-state index >= 15 is 0 Å². The van der Waals surface area contributed by atoms with Crippen LogP contribution in [0.4, 0.5) is 5.69 Å². The second kappa shape index (κ2) is 9.94. The van der Waals surface area contributed by atoms with Crippen LogP contribution in [0.1, 0.15) is 30.9 Å². The number of anilines is 1. The Bertz CT molecular complexity index is 898. The van der Waals surface area contributed by atoms with Crippen molar-refractivity contribution in [1.82, 2.24) is 4.90 Å². The topological polar surface area (TPSA) is 50.8 Å². The molecule has 1 saturated heterocycles. The molecule has 2 aromatic rings. The Hall–Kier alpha value is -2.31. The summed E-state index contributed by atoms with van der Waals surface area (Å²) in [6, 6.07) is 11.0. The van der Waals surface area contributed by atoms with E-state index in [0.29, 0.717) is 28.8 Å². The summed E-state index contributed by atoms with van der Waals surface area (Å²) >= 11 is 11.7. The molecule has 0 radical (unpaired) electrons. The van der Waals surface area contributed by atoms with Crippen molar-refractivity contribution < 1.29 is 14.3 Å². The molecule has 1 amide bonds. The van der Waals surface area contributed by atoms with Crippen molar-refractivity contribution >= 4 is 40.4 Å². The second-order valence-electron chi connectivity index (χ2n) is 6.89. The molecule has 0 spiro atoms. The Balaban J connectivity index is 1.65. The van der Waals surface area contributed by atoms with Crippen LogP contribution in [0.15, 0.2) is 36.4 Å². The number of amides is 1. The lowest BCUT2D eigenvalue weighted by Gasteiger charge is -2.20. The number of hydrogen-bond donors (Lipinski definition) is 1. The normalized spacial score (nSPS) is 13.3. The van der Waals surface area contributed by atoms with E-state index in [0.717, 1.165) is 29.2 Å². The third-order valence-electron chi connectivity index (χ3n) is 4.70. The van der Waals surface area contributed by atoms with Gasteiger partial charge < -0.3 is 19.7 Å². The monoisotopic (exact) mass is 432 g/mol. The summed E-state index contributed by atoms with van der Waals surface area (Å²) in [4.78, 5) is 15.3. The molecule has 154 valence electrons. The maximum Gasteiger partial charge on any atom is 0.262 e. The SMILES string of the molecule is CCOc1cc(C(=S)N2CCCC2)ccc1OCC(=O)Nc1ccc(C)c(Cl)c1. The zero-order valence-corrected chi connectivity index (χ0v) is 18.2. The molecule has 1 fully saturated rings. The molecule has 7 heteroatoms. The average molecular weight is 433 g/mol. The van der Waals surface area contributed by atoms with Crippen molar-refractivity contribution in [2.24, 2.45) is 0 Å². The Morgan fingerprint density at radius 2 is 1.90 bits per heavy atom. The Morgan fingerprint density at radius 3 is 2.59 bits per heavy atom. The minimum atomic E-state index is -0.274. The molecule has 29 heavy (non-hydrogen) atoms. The summed E-state index contributed by atoms with van der Waals surface area (Å²) in [7, 11) is 0. The van der Waals surface area contributed by atoms with Crippen molar-refractivity contribution in [2.45, 2.75) is 26.7 Å². The van der Waals surface area contributed by atoms with Gasteiger partial charge in [0, 0.05) is 29.4 Å². The smallest absolute Gasteiger partial charge is 0.262 e. The number of benzene rings is 2. The van der Waals surface area contributed by atoms with Crippen LogP contribution in [0.5, 0.6) is 11.5 Å². The molecular formula is C22H25ClN2O3S. The van der Waals surface area contributed by atoms with E-state index in [1.54, 1.807) is 18.2 Å². The van der Waals surface area contributed by atoms with Gasteiger partial charge >= 0.3 is 0 Å². The molecule has 2 aromatic carbocycles. The standard InChI is InChI=1S/C22H25ClN2O3S/c1-3-27-20-12-16(22(29)25-10-4-5-11-25)7-9-19(20)28-14-21(26)24-17-8-6-15(2)18(23)13-17/h6-9,12-13H,3-5,10-11,14H2,1-2H3,(H,24,26). The van der Waals surface area contributed by atoms with Crippen LogP contribution >= 0.6 is 23.8 Å². The van der Waals surface area contributed by atoms with Crippen LogP contribution in [-0.4, -0.2) is 42.1 Å². The van der Waals surface area contributed by atoms with Crippen molar-refractivity contribution in [3.8, 4) is 11.5 Å². The summed E-state index contributed by atoms with van der Waals surface area (Å²) in [6.07, 6.45) is 2.34. The van der Waals surface area contributed by atoms with Gasteiger partial charge in [-0.1, -0.05) is 29.9 Å². The summed E-state index contributed by atoms with van der Waals surface area (Å²) in [5.41, 5.74) is 2.51. The van der Waals surface area contributed by atoms with Crippen LogP contribution in [0.3, 0.4) is 0 Å². The third-order valence-corrected chi connectivity index (χ3v) is 5.60. The largest absolute Gasteiger partial charge is 0.490 e. The highest BCUT2D eigenvalue weighted by Gasteiger charge is 2.18. The number of likely N-dealkylation sites (tertiary alicyclic amines) is 1. The minimum Gasteiger partial charge on any atom is -0.490 e. The number of thiocarbonyl (C=S) groups is 1. The molecule has 0 atom stereocenters. The summed E-state index contributed by atoms with van der Waals surface area (Å²) in [5, 5.41) is 3.39. The van der Waals surface area contributed by atoms with Crippen molar-refractivity contribution in [3.05, 3.63) is 52.5 Å². The van der Waals surface area contributed by atoms with Gasteiger partial charge in [-0.3, -0.25) is 4.79 Å². The molecule has 1 heterocycles. The Labute approximate surface area is 181 Å². The van der Waals surface area contributed by atoms with E-state index in [2.05, 4.69) is 10.2 Å². The van der Waals surface area contributed by atoms with E-state index in [9.17, 15) is 4.79 Å². The first-order valence-corrected chi connectivity index (χ1v) is 10.5. The summed E-state index contributed by atoms with van der Waals surface area (Å²) < 4.78 is 11.4. The first kappa shape index (κ1) is 21.4. The van der Waals surface area contributed by atoms with E-state index in [1.807, 2.05) is 32.0 Å². The number of rotatable bonds is 7. The average Bonchev–Trinajstić information content (AvgIpc) is 3.24. The van der Waals surface area contributed by atoms with Crippen molar-refractivity contribution in [1.29, 1.82) is 0 Å². The zero-order valence-electron chi connectivity index (χ0n) is 16.7. The number of carbonyl (C=O) groups is 1. The third kappa shape index (κ3) is 5.61. The molecule has 3 rings (SSSR count). The van der Waals surface area contributed by atoms with Crippen LogP contribution in [-0.2, 0) is 4.79 Å². The molecular weight excluding hydrogens is 408 g/mol. The number of ether oxygens (including phenoxy) is 2. The molecule has 5 nitrogen and oxygen atoms in total. The molecule has 0 bridgehead atoms. The second-order valence-corrected chi connectivity index (χ2v) is 7.69. The van der Waals surface area contributed by atoms with Crippen LogP contribution in [0.2, 0.25) is 5.02 Å². The van der Waals surface area contributed by atoms with Crippen LogP contribution in [0.25, 0.3) is 0 Å². The first-order chi connectivity index (χ1) is 14.0. The molecule has 0 aliphatic carbocycles. The van der Waals surface area contributed by atoms with Gasteiger partial charge in [-0.2, -0.15) is 0 Å². The highest BCUT2D eigenvalue weighted by Crippen LogP contribution is 2.30. The fourth-order valence-corrected chi connectivity index (χ4v) is 3.63. The van der Waals surface area contributed by atoms with Gasteiger partial charge in [0.25, 0.3) is 5.91 Å². The lowest BCUT2D eigenvalue weighted by Crippen LogP contribution is -2.26. The number of nitrogens with zero attached hydrogens (tertiary/aromatic N) is 1. The van der Waals surface area contributed by atoms with E-state index in [-0.39, 0.29) is 12.5 Å². The van der Waals surface area contributed by atoms with Gasteiger partial charge in [-0.15, -0.1) is 0 Å². The molecule has 0 aromatic heterocycles. The minimum absolute atomic E-state index is 0.137. The van der Waals surface area contributed by atoms with Gasteiger partial charge in [-0.05, 0) is 62.6 Å². The van der Waals surface area contributed by atoms with Crippen LogP contribution in [0, 0.1) is 6.92 Å². The predicted molar refractivity (Wildman–Crippen MR) is 120 cm³/mol. The first-order valence-electron chi connectivity index (χ1n) is 9.73. The highest BCUT2D eigenvalue weighted by molar-refractivity contribution is 7.80. The fourth-order valence-electron chi connectivity index (χ4n) is 3.14. The maximum atomic E-state index is 12.3. The Kier molecular flexibility index (Phi) is 7.34. The zero-order chi connectivity index (χ0) is 20.8. The van der Waals surface area contributed by atoms with Crippen molar-refractivity contribution in [2.75, 3.05) is 31.6 Å².